The van der Waals surface area contributed by atoms with Gasteiger partial charge in [0.05, 0.1) is 0 Å². The minimum Gasteiger partial charge on any atom is -0.316 e. The zero-order chi connectivity index (χ0) is 12.3. The summed E-state index contributed by atoms with van der Waals surface area (Å²) in [4.78, 5) is 0. The van der Waals surface area contributed by atoms with Gasteiger partial charge in [0.25, 0.3) is 0 Å². The molecule has 1 saturated carbocycles. The maximum absolute atomic E-state index is 13.9. The second-order valence-corrected chi connectivity index (χ2v) is 5.09. The highest BCUT2D eigenvalue weighted by Crippen LogP contribution is 2.56. The van der Waals surface area contributed by atoms with Gasteiger partial charge in [0.2, 0.25) is 0 Å². The average molecular weight is 235 g/mol. The molecule has 2 rings (SSSR count). The molecule has 1 aliphatic rings. The summed E-state index contributed by atoms with van der Waals surface area (Å²) in [5.74, 6) is 0.572. The second kappa shape index (κ2) is 5.18. The van der Waals surface area contributed by atoms with Crippen LogP contribution in [0.4, 0.5) is 4.39 Å². The lowest BCUT2D eigenvalue weighted by molar-refractivity contribution is 0.506. The standard InChI is InChI=1S/C15H22FN/c1-3-9-17-11-12-10-15(12,4-2)13-7-5-6-8-14(13)16/h5-8,12,17H,3-4,9-11H2,1-2H3. The summed E-state index contributed by atoms with van der Waals surface area (Å²) in [6, 6.07) is 7.26. The summed E-state index contributed by atoms with van der Waals surface area (Å²) in [5.41, 5.74) is 1.03. The molecule has 0 heterocycles. The highest BCUT2D eigenvalue weighted by molar-refractivity contribution is 5.34. The highest BCUT2D eigenvalue weighted by atomic mass is 19.1. The van der Waals surface area contributed by atoms with E-state index >= 15 is 0 Å². The van der Waals surface area contributed by atoms with Gasteiger partial charge in [-0.05, 0) is 49.9 Å². The Balaban J connectivity index is 2.06. The monoisotopic (exact) mass is 235 g/mol. The molecule has 2 heteroatoms. The lowest BCUT2D eigenvalue weighted by Gasteiger charge is -2.17. The van der Waals surface area contributed by atoms with Gasteiger partial charge >= 0.3 is 0 Å². The lowest BCUT2D eigenvalue weighted by Crippen LogP contribution is -2.22. The molecule has 0 amide bonds. The number of hydrogen-bond donors (Lipinski definition) is 1. The number of halogens is 1. The fraction of sp³-hybridized carbons (Fsp3) is 0.600. The maximum atomic E-state index is 13.9. The molecule has 0 saturated heterocycles. The first-order valence-electron chi connectivity index (χ1n) is 6.70. The fourth-order valence-corrected chi connectivity index (χ4v) is 2.92. The normalized spacial score (nSPS) is 27.1. The first-order valence-corrected chi connectivity index (χ1v) is 6.70. The molecular formula is C15H22FN. The van der Waals surface area contributed by atoms with Crippen molar-refractivity contribution in [3.8, 4) is 0 Å². The van der Waals surface area contributed by atoms with Gasteiger partial charge < -0.3 is 5.32 Å². The highest BCUT2D eigenvalue weighted by Gasteiger charge is 2.54. The molecule has 0 spiro atoms. The van der Waals surface area contributed by atoms with Gasteiger partial charge in [0.1, 0.15) is 5.82 Å². The van der Waals surface area contributed by atoms with Gasteiger partial charge in [0, 0.05) is 5.41 Å². The minimum atomic E-state index is -0.0349. The smallest absolute Gasteiger partial charge is 0.126 e. The van der Waals surface area contributed by atoms with E-state index < -0.39 is 0 Å². The Morgan fingerprint density at radius 3 is 2.76 bits per heavy atom. The Hall–Kier alpha value is -0.890. The predicted molar refractivity (Wildman–Crippen MR) is 69.6 cm³/mol. The molecule has 0 aromatic heterocycles. The van der Waals surface area contributed by atoms with Gasteiger partial charge in [-0.1, -0.05) is 32.0 Å². The fourth-order valence-electron chi connectivity index (χ4n) is 2.92. The molecule has 1 aromatic rings. The molecule has 0 aliphatic heterocycles. The van der Waals surface area contributed by atoms with Crippen molar-refractivity contribution < 1.29 is 4.39 Å². The van der Waals surface area contributed by atoms with Crippen molar-refractivity contribution in [1.29, 1.82) is 0 Å². The van der Waals surface area contributed by atoms with Crippen LogP contribution in [0.1, 0.15) is 38.7 Å². The van der Waals surface area contributed by atoms with Gasteiger partial charge in [-0.25, -0.2) is 4.39 Å². The summed E-state index contributed by atoms with van der Waals surface area (Å²) >= 11 is 0. The average Bonchev–Trinajstić information content (AvgIpc) is 3.05. The number of nitrogens with one attached hydrogen (secondary N) is 1. The molecule has 17 heavy (non-hydrogen) atoms. The van der Waals surface area contributed by atoms with E-state index in [1.165, 1.54) is 0 Å². The summed E-state index contributed by atoms with van der Waals surface area (Å²) in [6.07, 6.45) is 3.32. The van der Waals surface area contributed by atoms with E-state index in [2.05, 4.69) is 19.2 Å². The van der Waals surface area contributed by atoms with Crippen LogP contribution in [0.5, 0.6) is 0 Å². The van der Waals surface area contributed by atoms with Crippen molar-refractivity contribution in [2.45, 2.75) is 38.5 Å². The zero-order valence-electron chi connectivity index (χ0n) is 10.8. The van der Waals surface area contributed by atoms with E-state index in [-0.39, 0.29) is 11.2 Å². The first kappa shape index (κ1) is 12.6. The van der Waals surface area contributed by atoms with Crippen LogP contribution in [0.15, 0.2) is 24.3 Å². The Kier molecular flexibility index (Phi) is 3.82. The largest absolute Gasteiger partial charge is 0.316 e. The zero-order valence-corrected chi connectivity index (χ0v) is 10.8. The van der Waals surface area contributed by atoms with Crippen LogP contribution in [-0.2, 0) is 5.41 Å². The molecular weight excluding hydrogens is 213 g/mol. The van der Waals surface area contributed by atoms with Crippen LogP contribution < -0.4 is 5.32 Å². The summed E-state index contributed by atoms with van der Waals surface area (Å²) in [7, 11) is 0. The number of rotatable bonds is 6. The molecule has 1 fully saturated rings. The van der Waals surface area contributed by atoms with Crippen molar-refractivity contribution >= 4 is 0 Å². The number of benzene rings is 1. The summed E-state index contributed by atoms with van der Waals surface area (Å²) in [6.45, 7) is 6.43. The van der Waals surface area contributed by atoms with E-state index in [0.29, 0.717) is 5.92 Å². The summed E-state index contributed by atoms with van der Waals surface area (Å²) < 4.78 is 13.9. The van der Waals surface area contributed by atoms with Crippen LogP contribution in [0.3, 0.4) is 0 Å². The van der Waals surface area contributed by atoms with Crippen molar-refractivity contribution in [1.82, 2.24) is 5.32 Å². The molecule has 1 nitrogen and oxygen atoms in total. The first-order chi connectivity index (χ1) is 8.24. The van der Waals surface area contributed by atoms with Gasteiger partial charge in [-0.3, -0.25) is 0 Å². The van der Waals surface area contributed by atoms with E-state index in [1.54, 1.807) is 12.1 Å². The van der Waals surface area contributed by atoms with Crippen molar-refractivity contribution in [2.24, 2.45) is 5.92 Å². The lowest BCUT2D eigenvalue weighted by atomic mass is 9.90. The van der Waals surface area contributed by atoms with Gasteiger partial charge in [-0.15, -0.1) is 0 Å². The van der Waals surface area contributed by atoms with Crippen LogP contribution in [-0.4, -0.2) is 13.1 Å². The van der Waals surface area contributed by atoms with E-state index in [0.717, 1.165) is 37.9 Å². The third kappa shape index (κ3) is 2.37. The van der Waals surface area contributed by atoms with Crippen LogP contribution in [0.25, 0.3) is 0 Å². The van der Waals surface area contributed by atoms with E-state index in [1.807, 2.05) is 12.1 Å². The Morgan fingerprint density at radius 2 is 2.12 bits per heavy atom. The second-order valence-electron chi connectivity index (χ2n) is 5.09. The molecule has 1 aromatic carbocycles. The van der Waals surface area contributed by atoms with Crippen molar-refractivity contribution in [2.75, 3.05) is 13.1 Å². The van der Waals surface area contributed by atoms with Crippen molar-refractivity contribution in [3.05, 3.63) is 35.6 Å². The number of hydrogen-bond acceptors (Lipinski definition) is 1. The van der Waals surface area contributed by atoms with E-state index in [4.69, 9.17) is 0 Å². The predicted octanol–water partition coefficient (Wildman–Crippen LogP) is 3.49. The Morgan fingerprint density at radius 1 is 1.35 bits per heavy atom. The quantitative estimate of drug-likeness (QED) is 0.744. The van der Waals surface area contributed by atoms with Gasteiger partial charge in [0.15, 0.2) is 0 Å². The molecule has 94 valence electrons. The van der Waals surface area contributed by atoms with E-state index in [9.17, 15) is 4.39 Å². The van der Waals surface area contributed by atoms with Crippen molar-refractivity contribution in [3.63, 3.8) is 0 Å². The van der Waals surface area contributed by atoms with Gasteiger partial charge in [-0.2, -0.15) is 0 Å². The molecule has 1 N–H and O–H groups in total. The van der Waals surface area contributed by atoms with Crippen LogP contribution in [0, 0.1) is 11.7 Å². The third-order valence-corrected chi connectivity index (χ3v) is 4.09. The molecule has 0 bridgehead atoms. The van der Waals surface area contributed by atoms with Crippen LogP contribution in [0.2, 0.25) is 0 Å². The molecule has 0 radical (unpaired) electrons. The van der Waals surface area contributed by atoms with Crippen LogP contribution >= 0.6 is 0 Å². The summed E-state index contributed by atoms with van der Waals surface area (Å²) in [5, 5.41) is 3.45. The molecule has 2 atom stereocenters. The maximum Gasteiger partial charge on any atom is 0.126 e. The molecule has 1 aliphatic carbocycles. The Bertz CT molecular complexity index is 377. The minimum absolute atomic E-state index is 0.0349. The molecule has 2 unspecified atom stereocenters. The Labute approximate surface area is 103 Å². The third-order valence-electron chi connectivity index (χ3n) is 4.09. The SMILES string of the molecule is CCCNCC1CC1(CC)c1ccccc1F. The topological polar surface area (TPSA) is 12.0 Å².